The maximum atomic E-state index is 12.7. The Morgan fingerprint density at radius 1 is 1.03 bits per heavy atom. The molecule has 3 heterocycles. The molecule has 3 aromatic rings. The lowest BCUT2D eigenvalue weighted by Crippen LogP contribution is -2.40. The highest BCUT2D eigenvalue weighted by Crippen LogP contribution is 2.46. The maximum absolute atomic E-state index is 12.7. The van der Waals surface area contributed by atoms with E-state index in [9.17, 15) is 9.59 Å². The summed E-state index contributed by atoms with van der Waals surface area (Å²) >= 11 is 0. The number of carbonyl (C=O) groups excluding carboxylic acids is 1. The van der Waals surface area contributed by atoms with Gasteiger partial charge in [0, 0.05) is 42.0 Å². The fraction of sp³-hybridized carbons (Fsp3) is 0.364. The van der Waals surface area contributed by atoms with Crippen LogP contribution >= 0.6 is 0 Å². The number of carbonyl (C=O) groups is 1. The molecule has 2 aliphatic rings. The predicted octanol–water partition coefficient (Wildman–Crippen LogP) is 3.26. The standard InChI is InChI=1S/C22H23N5O4/c1-13-10-14(2)24-21(23-13)27-19(28)12-16(26-27)20(29)25-15-6-7-17-18(11-15)31-22(30-17)8-4-3-5-9-22/h6-7,10-12,26H,3-5,8-9H2,1-2H3,(H,25,29). The van der Waals surface area contributed by atoms with Gasteiger partial charge in [0.2, 0.25) is 0 Å². The summed E-state index contributed by atoms with van der Waals surface area (Å²) < 4.78 is 13.3. The Morgan fingerprint density at radius 2 is 1.74 bits per heavy atom. The van der Waals surface area contributed by atoms with Crippen LogP contribution in [0.4, 0.5) is 5.69 Å². The van der Waals surface area contributed by atoms with Crippen molar-refractivity contribution in [2.45, 2.75) is 51.7 Å². The van der Waals surface area contributed by atoms with Gasteiger partial charge in [-0.25, -0.2) is 9.97 Å². The van der Waals surface area contributed by atoms with Gasteiger partial charge < -0.3 is 14.8 Å². The van der Waals surface area contributed by atoms with Crippen LogP contribution in [0.5, 0.6) is 11.5 Å². The first-order chi connectivity index (χ1) is 14.9. The minimum absolute atomic E-state index is 0.106. The first-order valence-corrected chi connectivity index (χ1v) is 10.4. The Labute approximate surface area is 178 Å². The molecule has 0 atom stereocenters. The fourth-order valence-electron chi connectivity index (χ4n) is 4.13. The van der Waals surface area contributed by atoms with Crippen LogP contribution in [0.2, 0.25) is 0 Å². The molecule has 2 N–H and O–H groups in total. The molecule has 1 aliphatic heterocycles. The van der Waals surface area contributed by atoms with Crippen molar-refractivity contribution in [2.24, 2.45) is 0 Å². The molecule has 1 fully saturated rings. The molecule has 1 amide bonds. The SMILES string of the molecule is Cc1cc(C)nc(-n2[nH]c(C(=O)Nc3ccc4c(c3)OC3(CCCCC3)O4)cc2=O)n1. The number of aromatic amines is 1. The third kappa shape index (κ3) is 3.67. The van der Waals surface area contributed by atoms with E-state index in [1.807, 2.05) is 19.9 Å². The highest BCUT2D eigenvalue weighted by molar-refractivity contribution is 6.03. The number of hydrogen-bond acceptors (Lipinski definition) is 6. The minimum atomic E-state index is -0.572. The molecule has 31 heavy (non-hydrogen) atoms. The van der Waals surface area contributed by atoms with Crippen molar-refractivity contribution in [3.63, 3.8) is 0 Å². The molecule has 1 spiro atoms. The topological polar surface area (TPSA) is 111 Å². The molecule has 2 aromatic heterocycles. The summed E-state index contributed by atoms with van der Waals surface area (Å²) in [6, 6.07) is 8.33. The average molecular weight is 421 g/mol. The number of nitrogens with zero attached hydrogens (tertiary/aromatic N) is 3. The van der Waals surface area contributed by atoms with E-state index >= 15 is 0 Å². The van der Waals surface area contributed by atoms with Gasteiger partial charge >= 0.3 is 0 Å². The highest BCUT2D eigenvalue weighted by Gasteiger charge is 2.42. The third-order valence-electron chi connectivity index (χ3n) is 5.54. The van der Waals surface area contributed by atoms with E-state index in [0.717, 1.165) is 41.8 Å². The van der Waals surface area contributed by atoms with E-state index < -0.39 is 17.3 Å². The minimum Gasteiger partial charge on any atom is -0.448 e. The lowest BCUT2D eigenvalue weighted by molar-refractivity contribution is -0.105. The number of fused-ring (bicyclic) bond motifs is 1. The lowest BCUT2D eigenvalue weighted by atomic mass is 9.94. The molecular weight excluding hydrogens is 398 g/mol. The number of benzene rings is 1. The zero-order valence-electron chi connectivity index (χ0n) is 17.4. The van der Waals surface area contributed by atoms with E-state index in [1.165, 1.54) is 12.5 Å². The number of nitrogens with one attached hydrogen (secondary N) is 2. The van der Waals surface area contributed by atoms with Gasteiger partial charge in [-0.05, 0) is 44.9 Å². The molecular formula is C22H23N5O4. The van der Waals surface area contributed by atoms with Gasteiger partial charge in [0.1, 0.15) is 5.69 Å². The van der Waals surface area contributed by atoms with Crippen LogP contribution in [0.3, 0.4) is 0 Å². The van der Waals surface area contributed by atoms with Crippen molar-refractivity contribution in [1.29, 1.82) is 0 Å². The van der Waals surface area contributed by atoms with Gasteiger partial charge in [0.05, 0.1) is 0 Å². The summed E-state index contributed by atoms with van der Waals surface area (Å²) in [5.41, 5.74) is 1.70. The number of amides is 1. The Kier molecular flexibility index (Phi) is 4.53. The fourth-order valence-corrected chi connectivity index (χ4v) is 4.13. The van der Waals surface area contributed by atoms with Crippen LogP contribution in [-0.2, 0) is 0 Å². The second kappa shape index (κ2) is 7.26. The summed E-state index contributed by atoms with van der Waals surface area (Å²) in [6.45, 7) is 3.63. The Morgan fingerprint density at radius 3 is 2.48 bits per heavy atom. The Hall–Kier alpha value is -3.62. The molecule has 0 radical (unpaired) electrons. The van der Waals surface area contributed by atoms with Crippen molar-refractivity contribution in [3.05, 3.63) is 57.8 Å². The molecule has 5 rings (SSSR count). The number of aromatic nitrogens is 4. The van der Waals surface area contributed by atoms with E-state index in [-0.39, 0.29) is 11.6 Å². The first-order valence-electron chi connectivity index (χ1n) is 10.4. The quantitative estimate of drug-likeness (QED) is 0.672. The van der Waals surface area contributed by atoms with E-state index in [4.69, 9.17) is 9.47 Å². The monoisotopic (exact) mass is 421 g/mol. The normalized spacial score (nSPS) is 16.5. The van der Waals surface area contributed by atoms with Crippen molar-refractivity contribution >= 4 is 11.6 Å². The summed E-state index contributed by atoms with van der Waals surface area (Å²) in [7, 11) is 0. The number of hydrogen-bond donors (Lipinski definition) is 2. The van der Waals surface area contributed by atoms with Crippen LogP contribution in [0.15, 0.2) is 35.1 Å². The molecule has 1 aromatic carbocycles. The zero-order valence-corrected chi connectivity index (χ0v) is 17.4. The summed E-state index contributed by atoms with van der Waals surface area (Å²) in [5, 5.41) is 5.58. The highest BCUT2D eigenvalue weighted by atomic mass is 16.7. The van der Waals surface area contributed by atoms with Gasteiger partial charge in [-0.2, -0.15) is 4.68 Å². The molecule has 9 nitrogen and oxygen atoms in total. The van der Waals surface area contributed by atoms with Gasteiger partial charge in [-0.1, -0.05) is 6.42 Å². The first kappa shape index (κ1) is 19.3. The molecule has 0 saturated heterocycles. The van der Waals surface area contributed by atoms with Crippen molar-refractivity contribution in [1.82, 2.24) is 19.7 Å². The molecule has 0 unspecified atom stereocenters. The molecule has 9 heteroatoms. The molecule has 160 valence electrons. The van der Waals surface area contributed by atoms with Crippen molar-refractivity contribution in [2.75, 3.05) is 5.32 Å². The predicted molar refractivity (Wildman–Crippen MR) is 113 cm³/mol. The van der Waals surface area contributed by atoms with Crippen LogP contribution in [0.25, 0.3) is 5.95 Å². The van der Waals surface area contributed by atoms with Crippen LogP contribution in [-0.4, -0.2) is 31.4 Å². The Bertz CT molecular complexity index is 1200. The van der Waals surface area contributed by atoms with Crippen LogP contribution in [0, 0.1) is 13.8 Å². The molecule has 0 bridgehead atoms. The second-order valence-electron chi connectivity index (χ2n) is 8.09. The van der Waals surface area contributed by atoms with Gasteiger partial charge in [-0.15, -0.1) is 0 Å². The lowest BCUT2D eigenvalue weighted by Gasteiger charge is -2.31. The Balaban J connectivity index is 1.35. The molecule has 1 saturated carbocycles. The number of rotatable bonds is 3. The van der Waals surface area contributed by atoms with Crippen molar-refractivity contribution < 1.29 is 14.3 Å². The van der Waals surface area contributed by atoms with E-state index in [0.29, 0.717) is 17.2 Å². The van der Waals surface area contributed by atoms with Crippen LogP contribution < -0.4 is 20.3 Å². The zero-order chi connectivity index (χ0) is 21.6. The average Bonchev–Trinajstić information content (AvgIpc) is 3.27. The summed E-state index contributed by atoms with van der Waals surface area (Å²) in [4.78, 5) is 33.6. The maximum Gasteiger partial charge on any atom is 0.274 e. The number of anilines is 1. The number of ether oxygens (including phenoxy) is 2. The number of H-pyrrole nitrogens is 1. The van der Waals surface area contributed by atoms with Crippen molar-refractivity contribution in [3.8, 4) is 17.4 Å². The second-order valence-corrected chi connectivity index (χ2v) is 8.09. The van der Waals surface area contributed by atoms with Gasteiger partial charge in [0.15, 0.2) is 11.5 Å². The van der Waals surface area contributed by atoms with E-state index in [2.05, 4.69) is 20.4 Å². The van der Waals surface area contributed by atoms with Gasteiger partial charge in [-0.3, -0.25) is 14.7 Å². The largest absolute Gasteiger partial charge is 0.448 e. The third-order valence-corrected chi connectivity index (χ3v) is 5.54. The smallest absolute Gasteiger partial charge is 0.274 e. The van der Waals surface area contributed by atoms with E-state index in [1.54, 1.807) is 18.2 Å². The molecule has 1 aliphatic carbocycles. The van der Waals surface area contributed by atoms with Crippen LogP contribution in [0.1, 0.15) is 54.0 Å². The summed E-state index contributed by atoms with van der Waals surface area (Å²) in [5.74, 6) is 0.479. The summed E-state index contributed by atoms with van der Waals surface area (Å²) in [6.07, 6.45) is 5.06. The number of aryl methyl sites for hydroxylation is 2. The van der Waals surface area contributed by atoms with Gasteiger partial charge in [0.25, 0.3) is 23.2 Å².